The molecule has 0 heterocycles. The molecule has 6 nitrogen and oxygen atoms in total. The van der Waals surface area contributed by atoms with Crippen molar-refractivity contribution in [2.45, 2.75) is 50.9 Å². The molecule has 0 spiro atoms. The van der Waals surface area contributed by atoms with E-state index in [1.165, 1.54) is 26.3 Å². The fourth-order valence-corrected chi connectivity index (χ4v) is 3.75. The van der Waals surface area contributed by atoms with E-state index in [0.717, 1.165) is 12.0 Å². The van der Waals surface area contributed by atoms with E-state index < -0.39 is 10.0 Å². The van der Waals surface area contributed by atoms with Crippen LogP contribution >= 0.6 is 0 Å². The topological polar surface area (TPSA) is 87.3 Å². The number of amides is 2. The lowest BCUT2D eigenvalue weighted by Crippen LogP contribution is -2.45. The summed E-state index contributed by atoms with van der Waals surface area (Å²) in [5.41, 5.74) is 1.65. The largest absolute Gasteiger partial charge is 0.335 e. The summed E-state index contributed by atoms with van der Waals surface area (Å²) in [5, 5.41) is 5.92. The molecule has 24 heavy (non-hydrogen) atoms. The van der Waals surface area contributed by atoms with Crippen LogP contribution in [-0.2, 0) is 22.3 Å². The summed E-state index contributed by atoms with van der Waals surface area (Å²) in [6.07, 6.45) is 4.63. The molecule has 2 unspecified atom stereocenters. The quantitative estimate of drug-likeness (QED) is 0.732. The highest BCUT2D eigenvalue weighted by Crippen LogP contribution is 2.23. The van der Waals surface area contributed by atoms with Crippen LogP contribution in [0.25, 0.3) is 0 Å². The lowest BCUT2D eigenvalue weighted by molar-refractivity contribution is 0.221. The standard InChI is InChI=1S/C17H27N3O3S/c1-13-5-3-4-6-16(13)20-17(21)19-11-14-7-9-15(10-8-14)12-24(22,23)18-2/h7-10,13,16,18H,3-6,11-12H2,1-2H3,(H2,19,20,21). The molecule has 0 bridgehead atoms. The summed E-state index contributed by atoms with van der Waals surface area (Å²) in [6.45, 7) is 2.61. The molecule has 0 aromatic heterocycles. The highest BCUT2D eigenvalue weighted by molar-refractivity contribution is 7.88. The van der Waals surface area contributed by atoms with Gasteiger partial charge in [0.1, 0.15) is 0 Å². The van der Waals surface area contributed by atoms with Gasteiger partial charge in [-0.2, -0.15) is 0 Å². The first-order chi connectivity index (χ1) is 11.4. The summed E-state index contributed by atoms with van der Waals surface area (Å²) in [5.74, 6) is 0.481. The lowest BCUT2D eigenvalue weighted by atomic mass is 9.86. The Hall–Kier alpha value is -1.60. The SMILES string of the molecule is CNS(=O)(=O)Cc1ccc(CNC(=O)NC2CCCCC2C)cc1. The Morgan fingerprint density at radius 1 is 1.12 bits per heavy atom. The summed E-state index contributed by atoms with van der Waals surface area (Å²) in [4.78, 5) is 12.0. The van der Waals surface area contributed by atoms with Gasteiger partial charge in [-0.25, -0.2) is 17.9 Å². The predicted octanol–water partition coefficient (Wildman–Crippen LogP) is 2.11. The predicted molar refractivity (Wildman–Crippen MR) is 94.9 cm³/mol. The summed E-state index contributed by atoms with van der Waals surface area (Å²) in [7, 11) is -1.86. The van der Waals surface area contributed by atoms with E-state index in [4.69, 9.17) is 0 Å². The molecule has 1 aromatic rings. The van der Waals surface area contributed by atoms with Gasteiger partial charge in [0.05, 0.1) is 5.75 Å². The van der Waals surface area contributed by atoms with Crippen molar-refractivity contribution < 1.29 is 13.2 Å². The van der Waals surface area contributed by atoms with E-state index in [1.807, 2.05) is 12.1 Å². The second-order valence-corrected chi connectivity index (χ2v) is 8.40. The Bertz CT molecular complexity index is 644. The molecule has 2 rings (SSSR count). The van der Waals surface area contributed by atoms with Gasteiger partial charge >= 0.3 is 6.03 Å². The third-order valence-corrected chi connectivity index (χ3v) is 5.91. The molecule has 0 saturated heterocycles. The number of hydrogen-bond acceptors (Lipinski definition) is 3. The third-order valence-electron chi connectivity index (χ3n) is 4.57. The number of carbonyl (C=O) groups is 1. The minimum absolute atomic E-state index is 0.0444. The van der Waals surface area contributed by atoms with Crippen molar-refractivity contribution in [1.29, 1.82) is 0 Å². The van der Waals surface area contributed by atoms with E-state index in [9.17, 15) is 13.2 Å². The van der Waals surface area contributed by atoms with E-state index in [2.05, 4.69) is 22.3 Å². The van der Waals surface area contributed by atoms with Crippen LogP contribution in [0.1, 0.15) is 43.7 Å². The van der Waals surface area contributed by atoms with Crippen LogP contribution in [0.2, 0.25) is 0 Å². The maximum absolute atomic E-state index is 12.0. The summed E-state index contributed by atoms with van der Waals surface area (Å²) in [6, 6.07) is 7.33. The molecule has 2 amide bonds. The maximum Gasteiger partial charge on any atom is 0.315 e. The van der Waals surface area contributed by atoms with Gasteiger partial charge in [-0.15, -0.1) is 0 Å². The van der Waals surface area contributed by atoms with E-state index in [0.29, 0.717) is 18.0 Å². The van der Waals surface area contributed by atoms with Gasteiger partial charge in [0, 0.05) is 12.6 Å². The van der Waals surface area contributed by atoms with Gasteiger partial charge in [-0.05, 0) is 36.9 Å². The molecule has 0 aliphatic heterocycles. The number of nitrogens with one attached hydrogen (secondary N) is 3. The van der Waals surface area contributed by atoms with Crippen molar-refractivity contribution >= 4 is 16.1 Å². The fourth-order valence-electron chi connectivity index (χ4n) is 2.98. The zero-order valence-electron chi connectivity index (χ0n) is 14.3. The Morgan fingerprint density at radius 2 is 1.75 bits per heavy atom. The molecule has 134 valence electrons. The van der Waals surface area contributed by atoms with Crippen molar-refractivity contribution in [1.82, 2.24) is 15.4 Å². The van der Waals surface area contributed by atoms with Gasteiger partial charge in [0.2, 0.25) is 10.0 Å². The van der Waals surface area contributed by atoms with Gasteiger partial charge < -0.3 is 10.6 Å². The summed E-state index contributed by atoms with van der Waals surface area (Å²) >= 11 is 0. The van der Waals surface area contributed by atoms with Crippen molar-refractivity contribution in [3.63, 3.8) is 0 Å². The van der Waals surface area contributed by atoms with E-state index in [1.54, 1.807) is 12.1 Å². The van der Waals surface area contributed by atoms with Crippen LogP contribution in [0, 0.1) is 5.92 Å². The minimum atomic E-state index is -3.26. The van der Waals surface area contributed by atoms with Crippen LogP contribution < -0.4 is 15.4 Å². The number of rotatable bonds is 6. The van der Waals surface area contributed by atoms with Crippen LogP contribution in [-0.4, -0.2) is 27.5 Å². The van der Waals surface area contributed by atoms with Crippen molar-refractivity contribution in [2.75, 3.05) is 7.05 Å². The number of urea groups is 1. The Balaban J connectivity index is 1.80. The highest BCUT2D eigenvalue weighted by atomic mass is 32.2. The van der Waals surface area contributed by atoms with Gasteiger partial charge in [0.25, 0.3) is 0 Å². The van der Waals surface area contributed by atoms with Crippen LogP contribution in [0.15, 0.2) is 24.3 Å². The zero-order valence-corrected chi connectivity index (χ0v) is 15.2. The van der Waals surface area contributed by atoms with Crippen molar-refractivity contribution in [3.8, 4) is 0 Å². The average Bonchev–Trinajstić information content (AvgIpc) is 2.56. The second-order valence-electron chi connectivity index (χ2n) is 6.47. The maximum atomic E-state index is 12.0. The number of sulfonamides is 1. The smallest absolute Gasteiger partial charge is 0.315 e. The molecular formula is C17H27N3O3S. The molecule has 1 saturated carbocycles. The normalized spacial score (nSPS) is 21.2. The first-order valence-corrected chi connectivity index (χ1v) is 10.1. The van der Waals surface area contributed by atoms with Gasteiger partial charge in [0.15, 0.2) is 0 Å². The van der Waals surface area contributed by atoms with Crippen LogP contribution in [0.4, 0.5) is 4.79 Å². The number of hydrogen-bond donors (Lipinski definition) is 3. The molecule has 1 aliphatic rings. The lowest BCUT2D eigenvalue weighted by Gasteiger charge is -2.29. The first-order valence-electron chi connectivity index (χ1n) is 8.43. The summed E-state index contributed by atoms with van der Waals surface area (Å²) < 4.78 is 25.3. The molecule has 1 aliphatic carbocycles. The molecule has 0 radical (unpaired) electrons. The molecule has 2 atom stereocenters. The molecular weight excluding hydrogens is 326 g/mol. The first kappa shape index (κ1) is 18.7. The second kappa shape index (κ2) is 8.48. The van der Waals surface area contributed by atoms with E-state index >= 15 is 0 Å². The fraction of sp³-hybridized carbons (Fsp3) is 0.588. The Labute approximate surface area is 144 Å². The Kier molecular flexibility index (Phi) is 6.62. The van der Waals surface area contributed by atoms with Crippen LogP contribution in [0.3, 0.4) is 0 Å². The Morgan fingerprint density at radius 3 is 2.38 bits per heavy atom. The van der Waals surface area contributed by atoms with Crippen molar-refractivity contribution in [2.24, 2.45) is 5.92 Å². The number of carbonyl (C=O) groups excluding carboxylic acids is 1. The molecule has 1 fully saturated rings. The van der Waals surface area contributed by atoms with Crippen LogP contribution in [0.5, 0.6) is 0 Å². The van der Waals surface area contributed by atoms with Gasteiger partial charge in [-0.3, -0.25) is 0 Å². The minimum Gasteiger partial charge on any atom is -0.335 e. The zero-order chi connectivity index (χ0) is 17.6. The van der Waals surface area contributed by atoms with Gasteiger partial charge in [-0.1, -0.05) is 44.0 Å². The molecule has 3 N–H and O–H groups in total. The average molecular weight is 353 g/mol. The van der Waals surface area contributed by atoms with Crippen molar-refractivity contribution in [3.05, 3.63) is 35.4 Å². The third kappa shape index (κ3) is 5.79. The monoisotopic (exact) mass is 353 g/mol. The number of benzene rings is 1. The highest BCUT2D eigenvalue weighted by Gasteiger charge is 2.22. The molecule has 1 aromatic carbocycles. The molecule has 7 heteroatoms. The van der Waals surface area contributed by atoms with E-state index in [-0.39, 0.29) is 17.8 Å².